The van der Waals surface area contributed by atoms with Crippen molar-refractivity contribution in [3.8, 4) is 0 Å². The third-order valence-corrected chi connectivity index (χ3v) is 4.27. The van der Waals surface area contributed by atoms with Gasteiger partial charge in [0.25, 0.3) is 0 Å². The number of aryl methyl sites for hydroxylation is 2. The summed E-state index contributed by atoms with van der Waals surface area (Å²) < 4.78 is 1.81. The molecule has 0 aliphatic rings. The molecular formula is C14H16N4S. The van der Waals surface area contributed by atoms with E-state index in [0.717, 1.165) is 24.2 Å². The average Bonchev–Trinajstić information content (AvgIpc) is 3.03. The lowest BCUT2D eigenvalue weighted by molar-refractivity contribution is 0.948. The number of hydrogen-bond acceptors (Lipinski definition) is 4. The molecule has 4 nitrogen and oxygen atoms in total. The third kappa shape index (κ3) is 2.46. The zero-order valence-corrected chi connectivity index (χ0v) is 11.9. The minimum Gasteiger partial charge on any atom is -0.348 e. The maximum absolute atomic E-state index is 4.50. The van der Waals surface area contributed by atoms with Crippen LogP contribution in [0.25, 0.3) is 5.65 Å². The first-order valence-electron chi connectivity index (χ1n) is 6.39. The molecule has 0 saturated heterocycles. The fourth-order valence-corrected chi connectivity index (χ4v) is 2.89. The number of pyridine rings is 1. The molecule has 0 bridgehead atoms. The number of thiophene rings is 1. The molecule has 98 valence electrons. The highest BCUT2D eigenvalue weighted by Crippen LogP contribution is 2.18. The van der Waals surface area contributed by atoms with Crippen molar-refractivity contribution in [3.63, 3.8) is 0 Å². The largest absolute Gasteiger partial charge is 0.348 e. The van der Waals surface area contributed by atoms with E-state index in [9.17, 15) is 0 Å². The van der Waals surface area contributed by atoms with Crippen LogP contribution in [0.2, 0.25) is 0 Å². The molecule has 19 heavy (non-hydrogen) atoms. The van der Waals surface area contributed by atoms with Gasteiger partial charge in [0.1, 0.15) is 0 Å². The van der Waals surface area contributed by atoms with Crippen LogP contribution in [0.4, 0.5) is 5.95 Å². The van der Waals surface area contributed by atoms with E-state index in [0.29, 0.717) is 5.95 Å². The Balaban J connectivity index is 1.76. The van der Waals surface area contributed by atoms with Crippen molar-refractivity contribution in [2.75, 3.05) is 5.32 Å². The SMILES string of the molecule is CCc1ccc(CNc2nc3c(C)cccn3n2)s1. The summed E-state index contributed by atoms with van der Waals surface area (Å²) in [6.07, 6.45) is 3.01. The van der Waals surface area contributed by atoms with Crippen LogP contribution >= 0.6 is 11.3 Å². The summed E-state index contributed by atoms with van der Waals surface area (Å²) in [5.74, 6) is 0.681. The van der Waals surface area contributed by atoms with Gasteiger partial charge in [-0.25, -0.2) is 4.52 Å². The zero-order chi connectivity index (χ0) is 13.2. The van der Waals surface area contributed by atoms with Crippen molar-refractivity contribution in [2.45, 2.75) is 26.8 Å². The van der Waals surface area contributed by atoms with Gasteiger partial charge in [0, 0.05) is 16.0 Å². The van der Waals surface area contributed by atoms with E-state index in [2.05, 4.69) is 34.5 Å². The summed E-state index contributed by atoms with van der Waals surface area (Å²) in [5.41, 5.74) is 2.04. The minimum atomic E-state index is 0.681. The number of aromatic nitrogens is 3. The second-order valence-electron chi connectivity index (χ2n) is 4.47. The van der Waals surface area contributed by atoms with Crippen LogP contribution in [-0.2, 0) is 13.0 Å². The molecule has 0 amide bonds. The van der Waals surface area contributed by atoms with Crippen molar-refractivity contribution < 1.29 is 0 Å². The molecule has 5 heteroatoms. The molecule has 0 saturated carbocycles. The zero-order valence-electron chi connectivity index (χ0n) is 11.1. The van der Waals surface area contributed by atoms with Crippen molar-refractivity contribution in [3.05, 3.63) is 45.8 Å². The Bertz CT molecular complexity index is 698. The van der Waals surface area contributed by atoms with E-state index in [1.165, 1.54) is 9.75 Å². The lowest BCUT2D eigenvalue weighted by Gasteiger charge is -1.97. The van der Waals surface area contributed by atoms with Crippen LogP contribution in [-0.4, -0.2) is 14.6 Å². The van der Waals surface area contributed by atoms with E-state index in [-0.39, 0.29) is 0 Å². The van der Waals surface area contributed by atoms with E-state index in [1.807, 2.05) is 41.1 Å². The van der Waals surface area contributed by atoms with Gasteiger partial charge in [0.15, 0.2) is 5.65 Å². The Morgan fingerprint density at radius 3 is 2.84 bits per heavy atom. The summed E-state index contributed by atoms with van der Waals surface area (Å²) in [7, 11) is 0. The number of nitrogens with one attached hydrogen (secondary N) is 1. The molecular weight excluding hydrogens is 256 g/mol. The van der Waals surface area contributed by atoms with Crippen LogP contribution in [0.1, 0.15) is 22.2 Å². The van der Waals surface area contributed by atoms with E-state index < -0.39 is 0 Å². The van der Waals surface area contributed by atoms with Crippen molar-refractivity contribution >= 4 is 22.9 Å². The lowest BCUT2D eigenvalue weighted by Crippen LogP contribution is -1.99. The number of nitrogens with zero attached hydrogens (tertiary/aromatic N) is 3. The molecule has 0 aliphatic carbocycles. The second kappa shape index (κ2) is 5.01. The fourth-order valence-electron chi connectivity index (χ4n) is 1.99. The maximum Gasteiger partial charge on any atom is 0.243 e. The second-order valence-corrected chi connectivity index (χ2v) is 5.72. The number of rotatable bonds is 4. The molecule has 1 N–H and O–H groups in total. The molecule has 0 radical (unpaired) electrons. The van der Waals surface area contributed by atoms with Gasteiger partial charge in [-0.3, -0.25) is 0 Å². The molecule has 3 heterocycles. The monoisotopic (exact) mass is 272 g/mol. The van der Waals surface area contributed by atoms with Gasteiger partial charge in [-0.1, -0.05) is 13.0 Å². The van der Waals surface area contributed by atoms with E-state index >= 15 is 0 Å². The van der Waals surface area contributed by atoms with Crippen molar-refractivity contribution in [1.82, 2.24) is 14.6 Å². The van der Waals surface area contributed by atoms with Crippen molar-refractivity contribution in [1.29, 1.82) is 0 Å². The molecule has 3 aromatic heterocycles. The molecule has 0 atom stereocenters. The lowest BCUT2D eigenvalue weighted by atomic mass is 10.3. The fraction of sp³-hybridized carbons (Fsp3) is 0.286. The average molecular weight is 272 g/mol. The summed E-state index contributed by atoms with van der Waals surface area (Å²) in [4.78, 5) is 7.22. The highest BCUT2D eigenvalue weighted by Gasteiger charge is 2.05. The van der Waals surface area contributed by atoms with Gasteiger partial charge in [-0.2, -0.15) is 4.98 Å². The van der Waals surface area contributed by atoms with E-state index in [4.69, 9.17) is 0 Å². The Morgan fingerprint density at radius 2 is 2.11 bits per heavy atom. The first-order chi connectivity index (χ1) is 9.26. The first-order valence-corrected chi connectivity index (χ1v) is 7.21. The highest BCUT2D eigenvalue weighted by atomic mass is 32.1. The van der Waals surface area contributed by atoms with Crippen LogP contribution in [0, 0.1) is 6.92 Å². The van der Waals surface area contributed by atoms with Gasteiger partial charge in [-0.15, -0.1) is 16.4 Å². The topological polar surface area (TPSA) is 42.2 Å². The summed E-state index contributed by atoms with van der Waals surface area (Å²) in [6, 6.07) is 8.37. The Hall–Kier alpha value is -1.88. The van der Waals surface area contributed by atoms with Gasteiger partial charge in [0.2, 0.25) is 5.95 Å². The Kier molecular flexibility index (Phi) is 3.21. The van der Waals surface area contributed by atoms with Gasteiger partial charge >= 0.3 is 0 Å². The normalized spacial score (nSPS) is 11.1. The Labute approximate surface area is 116 Å². The standard InChI is InChI=1S/C14H16N4S/c1-3-11-6-7-12(19-11)9-15-14-16-13-10(2)5-4-8-18(13)17-14/h4-8H,3,9H2,1-2H3,(H,15,17). The van der Waals surface area contributed by atoms with Gasteiger partial charge in [0.05, 0.1) is 6.54 Å². The van der Waals surface area contributed by atoms with Crippen LogP contribution in [0.3, 0.4) is 0 Å². The first kappa shape index (κ1) is 12.2. The number of anilines is 1. The summed E-state index contributed by atoms with van der Waals surface area (Å²) in [6.45, 7) is 5.00. The molecule has 0 spiro atoms. The van der Waals surface area contributed by atoms with Crippen LogP contribution in [0.15, 0.2) is 30.5 Å². The summed E-state index contributed by atoms with van der Waals surface area (Å²) >= 11 is 1.84. The molecule has 0 aliphatic heterocycles. The van der Waals surface area contributed by atoms with Gasteiger partial charge < -0.3 is 5.32 Å². The molecule has 0 fully saturated rings. The molecule has 0 unspecified atom stereocenters. The van der Waals surface area contributed by atoms with Crippen LogP contribution < -0.4 is 5.32 Å². The van der Waals surface area contributed by atoms with E-state index in [1.54, 1.807) is 0 Å². The number of fused-ring (bicyclic) bond motifs is 1. The van der Waals surface area contributed by atoms with Crippen molar-refractivity contribution in [2.24, 2.45) is 0 Å². The predicted molar refractivity (Wildman–Crippen MR) is 78.7 cm³/mol. The molecule has 3 aromatic rings. The minimum absolute atomic E-state index is 0.681. The summed E-state index contributed by atoms with van der Waals surface area (Å²) in [5, 5.41) is 7.70. The molecule has 0 aromatic carbocycles. The number of hydrogen-bond donors (Lipinski definition) is 1. The molecule has 3 rings (SSSR count). The van der Waals surface area contributed by atoms with Gasteiger partial charge in [-0.05, 0) is 37.1 Å². The Morgan fingerprint density at radius 1 is 1.26 bits per heavy atom. The smallest absolute Gasteiger partial charge is 0.243 e. The third-order valence-electron chi connectivity index (χ3n) is 3.04. The quantitative estimate of drug-likeness (QED) is 0.792. The highest BCUT2D eigenvalue weighted by molar-refractivity contribution is 7.12. The maximum atomic E-state index is 4.50. The van der Waals surface area contributed by atoms with Crippen LogP contribution in [0.5, 0.6) is 0 Å². The predicted octanol–water partition coefficient (Wildman–Crippen LogP) is 3.27.